The molecule has 0 saturated heterocycles. The first-order valence-corrected chi connectivity index (χ1v) is 6.89. The van der Waals surface area contributed by atoms with Crippen molar-refractivity contribution in [3.8, 4) is 11.5 Å². The monoisotopic (exact) mass is 274 g/mol. The Hall–Kier alpha value is -2.04. The van der Waals surface area contributed by atoms with Gasteiger partial charge in [0.15, 0.2) is 5.82 Å². The summed E-state index contributed by atoms with van der Waals surface area (Å²) in [5.41, 5.74) is 2.63. The largest absolute Gasteiger partial charge is 0.370 e. The Bertz CT molecular complexity index is 581. The lowest BCUT2D eigenvalue weighted by Crippen LogP contribution is -2.09. The van der Waals surface area contributed by atoms with Crippen LogP contribution in [0.3, 0.4) is 0 Å². The molecule has 20 heavy (non-hydrogen) atoms. The van der Waals surface area contributed by atoms with Crippen molar-refractivity contribution in [3.05, 3.63) is 35.4 Å². The molecule has 0 aliphatic carbocycles. The molecule has 1 N–H and O–H groups in total. The molecule has 0 bridgehead atoms. The van der Waals surface area contributed by atoms with Gasteiger partial charge in [-0.25, -0.2) is 19.3 Å². The van der Waals surface area contributed by atoms with Gasteiger partial charge < -0.3 is 5.32 Å². The van der Waals surface area contributed by atoms with E-state index in [1.165, 1.54) is 12.3 Å². The molecule has 2 aromatic rings. The van der Waals surface area contributed by atoms with Crippen LogP contribution in [0.15, 0.2) is 18.3 Å². The topological polar surface area (TPSA) is 50.7 Å². The molecule has 0 aromatic carbocycles. The van der Waals surface area contributed by atoms with E-state index < -0.39 is 0 Å². The van der Waals surface area contributed by atoms with Gasteiger partial charge in [-0.3, -0.25) is 0 Å². The Morgan fingerprint density at radius 3 is 2.60 bits per heavy atom. The fourth-order valence-corrected chi connectivity index (χ4v) is 2.03. The zero-order chi connectivity index (χ0) is 14.5. The summed E-state index contributed by atoms with van der Waals surface area (Å²) in [5.74, 6) is 1.02. The lowest BCUT2D eigenvalue weighted by Gasteiger charge is -2.13. The summed E-state index contributed by atoms with van der Waals surface area (Å²) < 4.78 is 12.9. The van der Waals surface area contributed by atoms with E-state index in [9.17, 15) is 4.39 Å². The van der Waals surface area contributed by atoms with Crippen LogP contribution >= 0.6 is 0 Å². The SMILES string of the molecule is CCCNc1nc(-c2ccc(F)cn2)nc(C)c1CC. The van der Waals surface area contributed by atoms with Gasteiger partial charge in [0.1, 0.15) is 17.3 Å². The number of nitrogens with one attached hydrogen (secondary N) is 1. The van der Waals surface area contributed by atoms with Crippen LogP contribution in [0.25, 0.3) is 11.5 Å². The molecule has 0 radical (unpaired) electrons. The zero-order valence-electron chi connectivity index (χ0n) is 12.1. The van der Waals surface area contributed by atoms with Crippen molar-refractivity contribution in [2.75, 3.05) is 11.9 Å². The summed E-state index contributed by atoms with van der Waals surface area (Å²) in [6.07, 6.45) is 3.08. The number of anilines is 1. The summed E-state index contributed by atoms with van der Waals surface area (Å²) in [6, 6.07) is 2.97. The Morgan fingerprint density at radius 2 is 2.00 bits per heavy atom. The second-order valence-corrected chi connectivity index (χ2v) is 4.60. The van der Waals surface area contributed by atoms with Gasteiger partial charge in [0.2, 0.25) is 0 Å². The molecule has 0 aliphatic rings. The number of rotatable bonds is 5. The van der Waals surface area contributed by atoms with Gasteiger partial charge in [-0.2, -0.15) is 0 Å². The number of aromatic nitrogens is 3. The highest BCUT2D eigenvalue weighted by molar-refractivity contribution is 5.56. The van der Waals surface area contributed by atoms with Crippen LogP contribution in [-0.4, -0.2) is 21.5 Å². The second-order valence-electron chi connectivity index (χ2n) is 4.60. The lowest BCUT2D eigenvalue weighted by atomic mass is 10.1. The van der Waals surface area contributed by atoms with Crippen molar-refractivity contribution in [2.24, 2.45) is 0 Å². The van der Waals surface area contributed by atoms with Crippen molar-refractivity contribution in [3.63, 3.8) is 0 Å². The summed E-state index contributed by atoms with van der Waals surface area (Å²) in [7, 11) is 0. The fourth-order valence-electron chi connectivity index (χ4n) is 2.03. The highest BCUT2D eigenvalue weighted by Crippen LogP contribution is 2.21. The molecule has 0 saturated carbocycles. The minimum atomic E-state index is -0.361. The first-order chi connectivity index (χ1) is 9.65. The van der Waals surface area contributed by atoms with E-state index in [-0.39, 0.29) is 5.82 Å². The van der Waals surface area contributed by atoms with Gasteiger partial charge in [-0.05, 0) is 31.9 Å². The van der Waals surface area contributed by atoms with Crippen LogP contribution in [0.5, 0.6) is 0 Å². The molecule has 2 heterocycles. The molecule has 0 spiro atoms. The van der Waals surface area contributed by atoms with E-state index in [0.29, 0.717) is 11.5 Å². The average Bonchev–Trinajstić information content (AvgIpc) is 2.45. The summed E-state index contributed by atoms with van der Waals surface area (Å²) in [4.78, 5) is 13.0. The lowest BCUT2D eigenvalue weighted by molar-refractivity contribution is 0.621. The van der Waals surface area contributed by atoms with Gasteiger partial charge in [0.25, 0.3) is 0 Å². The first-order valence-electron chi connectivity index (χ1n) is 6.89. The van der Waals surface area contributed by atoms with Gasteiger partial charge >= 0.3 is 0 Å². The predicted molar refractivity (Wildman–Crippen MR) is 78.1 cm³/mol. The third kappa shape index (κ3) is 3.10. The number of pyridine rings is 1. The van der Waals surface area contributed by atoms with Gasteiger partial charge in [-0.15, -0.1) is 0 Å². The van der Waals surface area contributed by atoms with Gasteiger partial charge in [0.05, 0.1) is 6.20 Å². The van der Waals surface area contributed by atoms with Crippen molar-refractivity contribution in [1.82, 2.24) is 15.0 Å². The molecule has 0 fully saturated rings. The van der Waals surface area contributed by atoms with E-state index in [2.05, 4.69) is 34.1 Å². The Kier molecular flexibility index (Phi) is 4.61. The highest BCUT2D eigenvalue weighted by atomic mass is 19.1. The van der Waals surface area contributed by atoms with Crippen molar-refractivity contribution >= 4 is 5.82 Å². The van der Waals surface area contributed by atoms with E-state index >= 15 is 0 Å². The van der Waals surface area contributed by atoms with Crippen LogP contribution in [0.4, 0.5) is 10.2 Å². The van der Waals surface area contributed by atoms with E-state index in [0.717, 1.165) is 36.5 Å². The minimum absolute atomic E-state index is 0.361. The van der Waals surface area contributed by atoms with Crippen LogP contribution < -0.4 is 5.32 Å². The molecule has 0 amide bonds. The van der Waals surface area contributed by atoms with Crippen LogP contribution in [-0.2, 0) is 6.42 Å². The molecule has 0 aliphatic heterocycles. The molecule has 2 rings (SSSR count). The maximum absolute atomic E-state index is 12.9. The number of hydrogen-bond donors (Lipinski definition) is 1. The van der Waals surface area contributed by atoms with Crippen LogP contribution in [0.2, 0.25) is 0 Å². The predicted octanol–water partition coefficient (Wildman–Crippen LogP) is 3.37. The maximum Gasteiger partial charge on any atom is 0.180 e. The van der Waals surface area contributed by atoms with Crippen LogP contribution in [0, 0.1) is 12.7 Å². The Balaban J connectivity index is 2.44. The molecular formula is C15H19FN4. The minimum Gasteiger partial charge on any atom is -0.370 e. The van der Waals surface area contributed by atoms with Crippen LogP contribution in [0.1, 0.15) is 31.5 Å². The van der Waals surface area contributed by atoms with E-state index in [1.54, 1.807) is 6.07 Å². The van der Waals surface area contributed by atoms with E-state index in [4.69, 9.17) is 0 Å². The normalized spacial score (nSPS) is 10.6. The average molecular weight is 274 g/mol. The van der Waals surface area contributed by atoms with E-state index in [1.807, 2.05) is 6.92 Å². The van der Waals surface area contributed by atoms with Gasteiger partial charge in [0, 0.05) is 17.8 Å². The van der Waals surface area contributed by atoms with Crippen molar-refractivity contribution in [1.29, 1.82) is 0 Å². The standard InChI is InChI=1S/C15H19FN4/c1-4-8-17-14-12(5-2)10(3)19-15(20-14)13-7-6-11(16)9-18-13/h6-7,9H,4-5,8H2,1-3H3,(H,17,19,20). The van der Waals surface area contributed by atoms with Crippen molar-refractivity contribution in [2.45, 2.75) is 33.6 Å². The number of aryl methyl sites for hydroxylation is 1. The summed E-state index contributed by atoms with van der Waals surface area (Å²) >= 11 is 0. The molecule has 4 nitrogen and oxygen atoms in total. The quantitative estimate of drug-likeness (QED) is 0.908. The number of nitrogens with zero attached hydrogens (tertiary/aromatic N) is 3. The highest BCUT2D eigenvalue weighted by Gasteiger charge is 2.12. The molecule has 0 unspecified atom stereocenters. The fraction of sp³-hybridized carbons (Fsp3) is 0.400. The molecule has 0 atom stereocenters. The Labute approximate surface area is 118 Å². The Morgan fingerprint density at radius 1 is 1.20 bits per heavy atom. The molecule has 2 aromatic heterocycles. The molecule has 106 valence electrons. The number of hydrogen-bond acceptors (Lipinski definition) is 4. The summed E-state index contributed by atoms with van der Waals surface area (Å²) in [6.45, 7) is 7.01. The summed E-state index contributed by atoms with van der Waals surface area (Å²) in [5, 5.41) is 3.32. The maximum atomic E-state index is 12.9. The van der Waals surface area contributed by atoms with Gasteiger partial charge in [-0.1, -0.05) is 13.8 Å². The molecule has 5 heteroatoms. The third-order valence-corrected chi connectivity index (χ3v) is 3.07. The third-order valence-electron chi connectivity index (χ3n) is 3.07. The smallest absolute Gasteiger partial charge is 0.180 e. The zero-order valence-corrected chi connectivity index (χ0v) is 12.1. The second kappa shape index (κ2) is 6.41. The molecular weight excluding hydrogens is 255 g/mol. The first kappa shape index (κ1) is 14.4. The van der Waals surface area contributed by atoms with Crippen molar-refractivity contribution < 1.29 is 4.39 Å². The number of halogens is 1.